The van der Waals surface area contributed by atoms with Crippen LogP contribution < -0.4 is 0 Å². The van der Waals surface area contributed by atoms with Gasteiger partial charge in [-0.3, -0.25) is 4.79 Å². The van der Waals surface area contributed by atoms with E-state index in [9.17, 15) is 4.79 Å². The number of halogens is 2. The van der Waals surface area contributed by atoms with E-state index in [-0.39, 0.29) is 5.78 Å². The van der Waals surface area contributed by atoms with E-state index in [4.69, 9.17) is 23.2 Å². The minimum atomic E-state index is 0.0949. The third-order valence-corrected chi connectivity index (χ3v) is 3.61. The van der Waals surface area contributed by atoms with E-state index in [1.54, 1.807) is 6.07 Å². The Morgan fingerprint density at radius 3 is 2.57 bits per heavy atom. The summed E-state index contributed by atoms with van der Waals surface area (Å²) in [6, 6.07) is 1.63. The van der Waals surface area contributed by atoms with Crippen LogP contribution in [0, 0.1) is 0 Å². The minimum Gasteiger partial charge on any atom is -0.309 e. The first kappa shape index (κ1) is 12.0. The molecule has 0 amide bonds. The molecule has 5 heteroatoms. The second-order valence-electron chi connectivity index (χ2n) is 3.21. The maximum atomic E-state index is 11.6. The molecule has 0 saturated carbocycles. The number of carbonyl (C=O) groups excluding carboxylic acids is 1. The van der Waals surface area contributed by atoms with Crippen LogP contribution in [0.2, 0.25) is 9.36 Å². The highest BCUT2D eigenvalue weighted by Crippen LogP contribution is 2.32. The molecule has 0 unspecified atom stereocenters. The van der Waals surface area contributed by atoms with E-state index in [0.717, 1.165) is 6.54 Å². The summed E-state index contributed by atoms with van der Waals surface area (Å²) in [7, 11) is 3.86. The van der Waals surface area contributed by atoms with E-state index >= 15 is 0 Å². The first-order chi connectivity index (χ1) is 6.50. The fraction of sp³-hybridized carbons (Fsp3) is 0.444. The number of nitrogens with zero attached hydrogens (tertiary/aromatic N) is 1. The van der Waals surface area contributed by atoms with Crippen LogP contribution in [0.5, 0.6) is 0 Å². The van der Waals surface area contributed by atoms with Gasteiger partial charge in [0.25, 0.3) is 0 Å². The Bertz CT molecular complexity index is 316. The number of thiophene rings is 1. The molecule has 0 saturated heterocycles. The summed E-state index contributed by atoms with van der Waals surface area (Å²) in [6.45, 7) is 0.742. The van der Waals surface area contributed by atoms with Gasteiger partial charge in [0.15, 0.2) is 5.78 Å². The van der Waals surface area contributed by atoms with Gasteiger partial charge in [-0.15, -0.1) is 11.3 Å². The summed E-state index contributed by atoms with van der Waals surface area (Å²) in [5.74, 6) is 0.0949. The SMILES string of the molecule is CN(C)CCC(=O)c1cc(Cl)c(Cl)s1. The predicted molar refractivity (Wildman–Crippen MR) is 61.8 cm³/mol. The van der Waals surface area contributed by atoms with Gasteiger partial charge in [-0.05, 0) is 20.2 Å². The summed E-state index contributed by atoms with van der Waals surface area (Å²) in [5, 5.41) is 0.463. The molecule has 2 nitrogen and oxygen atoms in total. The van der Waals surface area contributed by atoms with Crippen LogP contribution in [0.3, 0.4) is 0 Å². The number of rotatable bonds is 4. The van der Waals surface area contributed by atoms with Crippen LogP contribution in [-0.2, 0) is 0 Å². The molecule has 0 aromatic carbocycles. The van der Waals surface area contributed by atoms with Crippen molar-refractivity contribution >= 4 is 40.3 Å². The van der Waals surface area contributed by atoms with Crippen LogP contribution in [-0.4, -0.2) is 31.3 Å². The van der Waals surface area contributed by atoms with Crippen LogP contribution >= 0.6 is 34.5 Å². The maximum Gasteiger partial charge on any atom is 0.174 e. The Morgan fingerprint density at radius 1 is 1.50 bits per heavy atom. The molecule has 0 fully saturated rings. The lowest BCUT2D eigenvalue weighted by Crippen LogP contribution is -2.16. The maximum absolute atomic E-state index is 11.6. The predicted octanol–water partition coefficient (Wildman–Crippen LogP) is 3.19. The molecule has 78 valence electrons. The van der Waals surface area contributed by atoms with E-state index in [1.807, 2.05) is 19.0 Å². The van der Waals surface area contributed by atoms with Gasteiger partial charge in [-0.25, -0.2) is 0 Å². The van der Waals surface area contributed by atoms with Gasteiger partial charge in [0.1, 0.15) is 4.34 Å². The second kappa shape index (κ2) is 5.12. The lowest BCUT2D eigenvalue weighted by molar-refractivity contribution is 0.0976. The molecule has 1 aromatic rings. The highest BCUT2D eigenvalue weighted by Gasteiger charge is 2.12. The van der Waals surface area contributed by atoms with Gasteiger partial charge in [0.05, 0.1) is 9.90 Å². The molecule has 0 spiro atoms. The van der Waals surface area contributed by atoms with E-state index in [2.05, 4.69) is 0 Å². The van der Waals surface area contributed by atoms with Gasteiger partial charge in [0, 0.05) is 13.0 Å². The Labute approximate surface area is 97.4 Å². The second-order valence-corrected chi connectivity index (χ2v) is 5.27. The quantitative estimate of drug-likeness (QED) is 0.767. The number of Topliss-reactive ketones (excluding diaryl/α,β-unsaturated/α-hetero) is 1. The van der Waals surface area contributed by atoms with Gasteiger partial charge < -0.3 is 4.90 Å². The number of hydrogen-bond acceptors (Lipinski definition) is 3. The molecule has 1 rings (SSSR count). The van der Waals surface area contributed by atoms with E-state index < -0.39 is 0 Å². The summed E-state index contributed by atoms with van der Waals surface area (Å²) < 4.78 is 0.486. The molecule has 0 aliphatic heterocycles. The van der Waals surface area contributed by atoms with Crippen molar-refractivity contribution in [3.63, 3.8) is 0 Å². The zero-order valence-electron chi connectivity index (χ0n) is 8.01. The molecule has 1 aromatic heterocycles. The van der Waals surface area contributed by atoms with Gasteiger partial charge in [-0.1, -0.05) is 23.2 Å². The third kappa shape index (κ3) is 3.24. The Balaban J connectivity index is 2.61. The number of carbonyl (C=O) groups is 1. The summed E-state index contributed by atoms with van der Waals surface area (Å²) in [4.78, 5) is 14.2. The molecule has 14 heavy (non-hydrogen) atoms. The smallest absolute Gasteiger partial charge is 0.174 e. The van der Waals surface area contributed by atoms with Gasteiger partial charge in [-0.2, -0.15) is 0 Å². The zero-order valence-corrected chi connectivity index (χ0v) is 10.3. The highest BCUT2D eigenvalue weighted by molar-refractivity contribution is 7.18. The van der Waals surface area contributed by atoms with Gasteiger partial charge in [0.2, 0.25) is 0 Å². The van der Waals surface area contributed by atoms with Gasteiger partial charge >= 0.3 is 0 Å². The lowest BCUT2D eigenvalue weighted by Gasteiger charge is -2.06. The van der Waals surface area contributed by atoms with Crippen LogP contribution in [0.25, 0.3) is 0 Å². The zero-order chi connectivity index (χ0) is 10.7. The normalized spacial score (nSPS) is 10.9. The topological polar surface area (TPSA) is 20.3 Å². The van der Waals surface area contributed by atoms with Crippen molar-refractivity contribution in [3.05, 3.63) is 20.3 Å². The average Bonchev–Trinajstić information content (AvgIpc) is 2.43. The van der Waals surface area contributed by atoms with Crippen molar-refractivity contribution in [2.24, 2.45) is 0 Å². The van der Waals surface area contributed by atoms with E-state index in [0.29, 0.717) is 20.7 Å². The van der Waals surface area contributed by atoms with Crippen LogP contribution in [0.1, 0.15) is 16.1 Å². The largest absolute Gasteiger partial charge is 0.309 e. The third-order valence-electron chi connectivity index (χ3n) is 1.71. The fourth-order valence-corrected chi connectivity index (χ4v) is 2.27. The minimum absolute atomic E-state index is 0.0949. The molecule has 0 atom stereocenters. The highest BCUT2D eigenvalue weighted by atomic mass is 35.5. The first-order valence-electron chi connectivity index (χ1n) is 4.13. The average molecular weight is 252 g/mol. The van der Waals surface area contributed by atoms with Crippen molar-refractivity contribution in [1.82, 2.24) is 4.90 Å². The summed E-state index contributed by atoms with van der Waals surface area (Å²) >= 11 is 12.8. The molecule has 0 N–H and O–H groups in total. The monoisotopic (exact) mass is 251 g/mol. The Morgan fingerprint density at radius 2 is 2.14 bits per heavy atom. The standard InChI is InChI=1S/C9H11Cl2NOS/c1-12(2)4-3-7(13)8-5-6(10)9(11)14-8/h5H,3-4H2,1-2H3. The summed E-state index contributed by atoms with van der Waals surface area (Å²) in [5.41, 5.74) is 0. The van der Waals surface area contributed by atoms with Crippen molar-refractivity contribution in [2.45, 2.75) is 6.42 Å². The van der Waals surface area contributed by atoms with E-state index in [1.165, 1.54) is 11.3 Å². The molecule has 1 heterocycles. The Kier molecular flexibility index (Phi) is 4.38. The van der Waals surface area contributed by atoms with Crippen molar-refractivity contribution in [3.8, 4) is 0 Å². The first-order valence-corrected chi connectivity index (χ1v) is 5.70. The van der Waals surface area contributed by atoms with Crippen LogP contribution in [0.15, 0.2) is 6.07 Å². The lowest BCUT2D eigenvalue weighted by atomic mass is 10.2. The molecular formula is C9H11Cl2NOS. The number of hydrogen-bond donors (Lipinski definition) is 0. The van der Waals surface area contributed by atoms with Crippen LogP contribution in [0.4, 0.5) is 0 Å². The van der Waals surface area contributed by atoms with Crippen molar-refractivity contribution in [1.29, 1.82) is 0 Å². The number of ketones is 1. The van der Waals surface area contributed by atoms with Crippen molar-refractivity contribution < 1.29 is 4.79 Å². The molecular weight excluding hydrogens is 241 g/mol. The molecule has 0 aliphatic rings. The van der Waals surface area contributed by atoms with Crippen molar-refractivity contribution in [2.75, 3.05) is 20.6 Å². The Hall–Kier alpha value is -0.0900. The molecule has 0 bridgehead atoms. The molecule has 0 aliphatic carbocycles. The fourth-order valence-electron chi connectivity index (χ4n) is 0.932. The summed E-state index contributed by atoms with van der Waals surface area (Å²) in [6.07, 6.45) is 0.500. The molecule has 0 radical (unpaired) electrons.